The smallest absolute Gasteiger partial charge is 0.231 e. The lowest BCUT2D eigenvalue weighted by atomic mass is 10.1. The SMILES string of the molecule is O=C1c2cc3c(cc2CC1Br)OCO3. The molecule has 1 heterocycles. The highest BCUT2D eigenvalue weighted by Gasteiger charge is 2.31. The van der Waals surface area contributed by atoms with Gasteiger partial charge in [-0.3, -0.25) is 4.79 Å². The van der Waals surface area contributed by atoms with Gasteiger partial charge in [-0.15, -0.1) is 0 Å². The van der Waals surface area contributed by atoms with Crippen LogP contribution in [0.5, 0.6) is 11.5 Å². The van der Waals surface area contributed by atoms with E-state index >= 15 is 0 Å². The van der Waals surface area contributed by atoms with Gasteiger partial charge in [-0.25, -0.2) is 0 Å². The van der Waals surface area contributed by atoms with E-state index in [2.05, 4.69) is 15.9 Å². The van der Waals surface area contributed by atoms with E-state index in [9.17, 15) is 4.79 Å². The third-order valence-electron chi connectivity index (χ3n) is 2.55. The van der Waals surface area contributed by atoms with Crippen LogP contribution in [-0.2, 0) is 6.42 Å². The van der Waals surface area contributed by atoms with Gasteiger partial charge in [-0.2, -0.15) is 0 Å². The van der Waals surface area contributed by atoms with Gasteiger partial charge in [0.1, 0.15) is 0 Å². The zero-order valence-corrected chi connectivity index (χ0v) is 8.83. The standard InChI is InChI=1S/C10H7BrO3/c11-7-1-5-2-8-9(14-4-13-8)3-6(5)10(7)12/h2-3,7H,1,4H2. The van der Waals surface area contributed by atoms with Gasteiger partial charge in [-0.05, 0) is 24.1 Å². The molecule has 0 spiro atoms. The van der Waals surface area contributed by atoms with Gasteiger partial charge in [0.25, 0.3) is 0 Å². The van der Waals surface area contributed by atoms with Crippen LogP contribution in [0.15, 0.2) is 12.1 Å². The Morgan fingerprint density at radius 1 is 1.29 bits per heavy atom. The Morgan fingerprint density at radius 2 is 2.00 bits per heavy atom. The fourth-order valence-corrected chi connectivity index (χ4v) is 2.43. The van der Waals surface area contributed by atoms with Crippen molar-refractivity contribution in [2.75, 3.05) is 6.79 Å². The van der Waals surface area contributed by atoms with Crippen LogP contribution in [0.2, 0.25) is 0 Å². The molecule has 0 bridgehead atoms. The van der Waals surface area contributed by atoms with Crippen LogP contribution in [0.1, 0.15) is 15.9 Å². The van der Waals surface area contributed by atoms with Crippen molar-refractivity contribution in [2.24, 2.45) is 0 Å². The molecule has 0 fully saturated rings. The second kappa shape index (κ2) is 2.73. The Bertz CT molecular complexity index is 428. The number of Topliss-reactive ketones (excluding diaryl/α,β-unsaturated/α-hetero) is 1. The van der Waals surface area contributed by atoms with Crippen LogP contribution in [0.3, 0.4) is 0 Å². The number of hydrogen-bond acceptors (Lipinski definition) is 3. The number of halogens is 1. The Morgan fingerprint density at radius 3 is 2.79 bits per heavy atom. The first-order chi connectivity index (χ1) is 6.75. The first-order valence-corrected chi connectivity index (χ1v) is 5.28. The summed E-state index contributed by atoms with van der Waals surface area (Å²) in [5.41, 5.74) is 1.80. The van der Waals surface area contributed by atoms with Gasteiger partial charge in [-0.1, -0.05) is 15.9 Å². The summed E-state index contributed by atoms with van der Waals surface area (Å²) in [5.74, 6) is 1.56. The van der Waals surface area contributed by atoms with E-state index < -0.39 is 0 Å². The zero-order valence-electron chi connectivity index (χ0n) is 7.25. The van der Waals surface area contributed by atoms with Crippen molar-refractivity contribution in [2.45, 2.75) is 11.2 Å². The minimum absolute atomic E-state index is 0.0833. The van der Waals surface area contributed by atoms with Crippen LogP contribution in [0, 0.1) is 0 Å². The van der Waals surface area contributed by atoms with Gasteiger partial charge in [0.2, 0.25) is 6.79 Å². The first kappa shape index (κ1) is 8.29. The quantitative estimate of drug-likeness (QED) is 0.664. The molecule has 14 heavy (non-hydrogen) atoms. The molecule has 1 aliphatic carbocycles. The monoisotopic (exact) mass is 254 g/mol. The van der Waals surface area contributed by atoms with E-state index in [0.29, 0.717) is 5.75 Å². The topological polar surface area (TPSA) is 35.5 Å². The van der Waals surface area contributed by atoms with E-state index in [1.54, 1.807) is 6.07 Å². The predicted octanol–water partition coefficient (Wildman–Crippen LogP) is 1.92. The number of ether oxygens (including phenoxy) is 2. The van der Waals surface area contributed by atoms with Crippen LogP contribution >= 0.6 is 15.9 Å². The minimum atomic E-state index is -0.0833. The molecule has 0 radical (unpaired) electrons. The summed E-state index contributed by atoms with van der Waals surface area (Å²) < 4.78 is 10.5. The van der Waals surface area contributed by atoms with Gasteiger partial charge in [0, 0.05) is 5.56 Å². The van der Waals surface area contributed by atoms with Gasteiger partial charge in [0.05, 0.1) is 4.83 Å². The maximum absolute atomic E-state index is 11.7. The number of alkyl halides is 1. The molecule has 1 unspecified atom stereocenters. The van der Waals surface area contributed by atoms with E-state index in [4.69, 9.17) is 9.47 Å². The van der Waals surface area contributed by atoms with Gasteiger partial charge < -0.3 is 9.47 Å². The van der Waals surface area contributed by atoms with Crippen molar-refractivity contribution in [1.29, 1.82) is 0 Å². The Hall–Kier alpha value is -1.03. The van der Waals surface area contributed by atoms with Gasteiger partial charge in [0.15, 0.2) is 17.3 Å². The highest BCUT2D eigenvalue weighted by molar-refractivity contribution is 9.10. The number of ketones is 1. The van der Waals surface area contributed by atoms with Crippen molar-refractivity contribution in [1.82, 2.24) is 0 Å². The number of carbonyl (C=O) groups excluding carboxylic acids is 1. The molecule has 0 saturated carbocycles. The molecule has 0 aromatic heterocycles. The molecule has 0 saturated heterocycles. The molecular formula is C10H7BrO3. The molecule has 1 aromatic carbocycles. The number of rotatable bonds is 0. The second-order valence-electron chi connectivity index (χ2n) is 3.40. The minimum Gasteiger partial charge on any atom is -0.454 e. The molecule has 0 N–H and O–H groups in total. The molecule has 3 nitrogen and oxygen atoms in total. The van der Waals surface area contributed by atoms with Crippen molar-refractivity contribution in [3.05, 3.63) is 23.3 Å². The molecule has 1 atom stereocenters. The summed E-state index contributed by atoms with van der Waals surface area (Å²) in [6.45, 7) is 0.254. The molecule has 0 amide bonds. The lowest BCUT2D eigenvalue weighted by Gasteiger charge is -1.99. The first-order valence-electron chi connectivity index (χ1n) is 4.36. The molecule has 3 rings (SSSR count). The maximum Gasteiger partial charge on any atom is 0.231 e. The summed E-state index contributed by atoms with van der Waals surface area (Å²) >= 11 is 3.34. The van der Waals surface area contributed by atoms with Crippen LogP contribution < -0.4 is 9.47 Å². The number of benzene rings is 1. The fraction of sp³-hybridized carbons (Fsp3) is 0.300. The van der Waals surface area contributed by atoms with Crippen molar-refractivity contribution < 1.29 is 14.3 Å². The molecule has 72 valence electrons. The number of carbonyl (C=O) groups is 1. The van der Waals surface area contributed by atoms with Crippen molar-refractivity contribution in [3.8, 4) is 11.5 Å². The predicted molar refractivity (Wildman–Crippen MR) is 53.3 cm³/mol. The normalized spacial score (nSPS) is 22.6. The summed E-state index contributed by atoms with van der Waals surface area (Å²) in [6.07, 6.45) is 0.741. The Kier molecular flexibility index (Phi) is 1.62. The third kappa shape index (κ3) is 1.00. The third-order valence-corrected chi connectivity index (χ3v) is 3.29. The van der Waals surface area contributed by atoms with E-state index in [-0.39, 0.29) is 17.4 Å². The van der Waals surface area contributed by atoms with Crippen LogP contribution in [0.4, 0.5) is 0 Å². The van der Waals surface area contributed by atoms with E-state index in [1.165, 1.54) is 0 Å². The fourth-order valence-electron chi connectivity index (χ4n) is 1.84. The Balaban J connectivity index is 2.17. The summed E-state index contributed by atoms with van der Waals surface area (Å²) in [6, 6.07) is 3.68. The highest BCUT2D eigenvalue weighted by atomic mass is 79.9. The average molecular weight is 255 g/mol. The van der Waals surface area contributed by atoms with Crippen LogP contribution in [0.25, 0.3) is 0 Å². The summed E-state index contributed by atoms with van der Waals surface area (Å²) in [4.78, 5) is 11.6. The lowest BCUT2D eigenvalue weighted by Crippen LogP contribution is -2.06. The molecule has 1 aromatic rings. The van der Waals surface area contributed by atoms with E-state index in [1.807, 2.05) is 6.07 Å². The molecular weight excluding hydrogens is 248 g/mol. The second-order valence-corrected chi connectivity index (χ2v) is 4.50. The average Bonchev–Trinajstić information content (AvgIpc) is 2.70. The number of hydrogen-bond donors (Lipinski definition) is 0. The lowest BCUT2D eigenvalue weighted by molar-refractivity contribution is 0.100. The van der Waals surface area contributed by atoms with Crippen LogP contribution in [-0.4, -0.2) is 17.4 Å². The zero-order chi connectivity index (χ0) is 9.71. The highest BCUT2D eigenvalue weighted by Crippen LogP contribution is 2.39. The van der Waals surface area contributed by atoms with Crippen molar-refractivity contribution >= 4 is 21.7 Å². The summed E-state index contributed by atoms with van der Waals surface area (Å²) in [7, 11) is 0. The van der Waals surface area contributed by atoms with E-state index in [0.717, 1.165) is 23.3 Å². The molecule has 1 aliphatic heterocycles. The Labute approximate surface area is 89.1 Å². The molecule has 4 heteroatoms. The summed E-state index contributed by atoms with van der Waals surface area (Å²) in [5, 5.41) is 0. The van der Waals surface area contributed by atoms with Gasteiger partial charge >= 0.3 is 0 Å². The largest absolute Gasteiger partial charge is 0.454 e. The maximum atomic E-state index is 11.7. The van der Waals surface area contributed by atoms with Crippen molar-refractivity contribution in [3.63, 3.8) is 0 Å². The number of fused-ring (bicyclic) bond motifs is 2. The molecule has 2 aliphatic rings.